The van der Waals surface area contributed by atoms with Crippen molar-refractivity contribution in [2.75, 3.05) is 26.4 Å². The van der Waals surface area contributed by atoms with E-state index in [-0.39, 0.29) is 43.5 Å². The van der Waals surface area contributed by atoms with Crippen molar-refractivity contribution in [2.45, 2.75) is 95.5 Å². The number of benzene rings is 2. The Morgan fingerprint density at radius 1 is 1.00 bits per heavy atom. The van der Waals surface area contributed by atoms with E-state index in [2.05, 4.69) is 37.3 Å². The number of aliphatic hydroxyl groups is 2. The predicted octanol–water partition coefficient (Wildman–Crippen LogP) is 7.89. The van der Waals surface area contributed by atoms with Crippen LogP contribution in [0.2, 0.25) is 0 Å². The van der Waals surface area contributed by atoms with E-state index in [0.29, 0.717) is 19.6 Å². The summed E-state index contributed by atoms with van der Waals surface area (Å²) in [6.07, 6.45) is 16.1. The number of hydrogen-bond donors (Lipinski definition) is 2. The number of nitrogens with zero attached hydrogens (tertiary/aromatic N) is 4. The lowest BCUT2D eigenvalue weighted by atomic mass is 9.55. The Bertz CT molecular complexity index is 1710. The van der Waals surface area contributed by atoms with E-state index in [1.54, 1.807) is 12.2 Å². The zero-order valence-electron chi connectivity index (χ0n) is 31.2. The summed E-state index contributed by atoms with van der Waals surface area (Å²) >= 11 is 0. The molecule has 10 heteroatoms. The van der Waals surface area contributed by atoms with Gasteiger partial charge in [0.05, 0.1) is 30.1 Å². The Balaban J connectivity index is 1.57. The molecule has 1 saturated carbocycles. The van der Waals surface area contributed by atoms with E-state index in [0.717, 1.165) is 97.4 Å². The molecular weight excluding hydrogens is 668 g/mol. The number of unbranched alkanes of at least 4 members (excludes halogenated alkanes) is 3. The summed E-state index contributed by atoms with van der Waals surface area (Å²) in [5.74, 6) is 0.333. The second-order valence-corrected chi connectivity index (χ2v) is 14.4. The number of aliphatic hydroxyl groups excluding tert-OH is 2. The molecule has 2 aromatic carbocycles. The zero-order chi connectivity index (χ0) is 37.0. The molecule has 6 atom stereocenters. The fraction of sp³-hybridized carbons (Fsp3) is 0.512. The average Bonchev–Trinajstić information content (AvgIpc) is 3.65. The molecule has 284 valence electrons. The highest BCUT2D eigenvalue weighted by molar-refractivity contribution is 6.02. The van der Waals surface area contributed by atoms with Crippen molar-refractivity contribution in [3.8, 4) is 11.5 Å². The maximum atomic E-state index is 9.88. The summed E-state index contributed by atoms with van der Waals surface area (Å²) in [6.45, 7) is 11.4. The minimum Gasteiger partial charge on any atom is -0.490 e. The van der Waals surface area contributed by atoms with Gasteiger partial charge in [-0.2, -0.15) is 0 Å². The van der Waals surface area contributed by atoms with Crippen LogP contribution in [0.25, 0.3) is 0 Å². The van der Waals surface area contributed by atoms with Gasteiger partial charge < -0.3 is 29.3 Å². The average molecular weight is 725 g/mol. The Morgan fingerprint density at radius 3 is 2.55 bits per heavy atom. The number of fused-ring (bicyclic) bond motifs is 2. The van der Waals surface area contributed by atoms with E-state index in [9.17, 15) is 10.2 Å². The van der Waals surface area contributed by atoms with E-state index in [1.165, 1.54) is 0 Å². The number of hydrogen-bond acceptors (Lipinski definition) is 9. The van der Waals surface area contributed by atoms with Crippen LogP contribution in [-0.2, 0) is 22.6 Å². The molecule has 1 fully saturated rings. The summed E-state index contributed by atoms with van der Waals surface area (Å²) in [6, 6.07) is 15.7. The van der Waals surface area contributed by atoms with E-state index < -0.39 is 11.8 Å². The van der Waals surface area contributed by atoms with E-state index in [1.807, 2.05) is 53.3 Å². The third kappa shape index (κ3) is 8.45. The number of ether oxygens (including phenoxy) is 3. The molecule has 0 amide bonds. The summed E-state index contributed by atoms with van der Waals surface area (Å²) in [5.41, 5.74) is 5.04. The molecule has 6 rings (SSSR count). The Labute approximate surface area is 314 Å². The van der Waals surface area contributed by atoms with Crippen molar-refractivity contribution in [1.29, 1.82) is 0 Å². The van der Waals surface area contributed by atoms with Gasteiger partial charge in [0.25, 0.3) is 0 Å². The van der Waals surface area contributed by atoms with Crippen LogP contribution < -0.4 is 9.47 Å². The fourth-order valence-corrected chi connectivity index (χ4v) is 8.65. The van der Waals surface area contributed by atoms with Crippen LogP contribution in [0.15, 0.2) is 96.8 Å². The normalized spacial score (nSPS) is 25.2. The van der Waals surface area contributed by atoms with Gasteiger partial charge in [-0.05, 0) is 79.7 Å². The molecule has 10 nitrogen and oxygen atoms in total. The molecule has 1 aromatic heterocycles. The second-order valence-electron chi connectivity index (χ2n) is 14.4. The van der Waals surface area contributed by atoms with Crippen LogP contribution in [-0.4, -0.2) is 63.1 Å². The number of aromatic nitrogens is 3. The molecule has 2 aliphatic carbocycles. The van der Waals surface area contributed by atoms with Gasteiger partial charge in [-0.1, -0.05) is 91.7 Å². The lowest BCUT2D eigenvalue weighted by Gasteiger charge is -2.58. The first kappa shape index (κ1) is 38.5. The minimum atomic E-state index is -1.18. The van der Waals surface area contributed by atoms with Crippen molar-refractivity contribution in [1.82, 2.24) is 15.0 Å². The monoisotopic (exact) mass is 724 g/mol. The van der Waals surface area contributed by atoms with Gasteiger partial charge >= 0.3 is 0 Å². The van der Waals surface area contributed by atoms with Crippen molar-refractivity contribution in [3.05, 3.63) is 109 Å². The lowest BCUT2D eigenvalue weighted by Crippen LogP contribution is -2.63. The predicted molar refractivity (Wildman–Crippen MR) is 206 cm³/mol. The lowest BCUT2D eigenvalue weighted by molar-refractivity contribution is -0.252. The maximum Gasteiger partial charge on any atom is 0.241 e. The molecule has 0 bridgehead atoms. The van der Waals surface area contributed by atoms with Crippen molar-refractivity contribution in [2.24, 2.45) is 22.9 Å². The van der Waals surface area contributed by atoms with Crippen molar-refractivity contribution in [3.63, 3.8) is 0 Å². The Kier molecular flexibility index (Phi) is 13.6. The van der Waals surface area contributed by atoms with Crippen LogP contribution in [0.4, 0.5) is 0 Å². The molecule has 2 heterocycles. The second kappa shape index (κ2) is 18.7. The number of rotatable bonds is 21. The van der Waals surface area contributed by atoms with Crippen LogP contribution in [0.3, 0.4) is 0 Å². The fourth-order valence-electron chi connectivity index (χ4n) is 8.65. The van der Waals surface area contributed by atoms with Crippen LogP contribution >= 0.6 is 0 Å². The molecule has 2 N–H and O–H groups in total. The molecule has 6 unspecified atom stereocenters. The number of allylic oxidation sites excluding steroid dienone is 1. The van der Waals surface area contributed by atoms with Gasteiger partial charge in [-0.25, -0.2) is 4.68 Å². The molecule has 3 aliphatic rings. The van der Waals surface area contributed by atoms with Gasteiger partial charge in [-0.15, -0.1) is 11.7 Å². The van der Waals surface area contributed by atoms with Crippen LogP contribution in [0, 0.1) is 17.8 Å². The smallest absolute Gasteiger partial charge is 0.241 e. The third-order valence-electron chi connectivity index (χ3n) is 11.0. The highest BCUT2D eigenvalue weighted by Crippen LogP contribution is 2.63. The van der Waals surface area contributed by atoms with Gasteiger partial charge in [0.2, 0.25) is 5.79 Å². The highest BCUT2D eigenvalue weighted by Gasteiger charge is 2.65. The maximum absolute atomic E-state index is 9.88. The minimum absolute atomic E-state index is 0.0570. The van der Waals surface area contributed by atoms with Gasteiger partial charge in [-0.3, -0.25) is 0 Å². The highest BCUT2D eigenvalue weighted by atomic mass is 16.7. The number of oxime groups is 1. The SMILES string of the molecule is C=CCOc1ccc2c(c1)C1C(CCCCO)C(CCCCO)C=C3C(=NOCc4ccccc4)CC(n4nncc4CCCC)C(OCC=C)(O2)C31. The van der Waals surface area contributed by atoms with E-state index in [4.69, 9.17) is 29.4 Å². The summed E-state index contributed by atoms with van der Waals surface area (Å²) in [4.78, 5) is 6.19. The summed E-state index contributed by atoms with van der Waals surface area (Å²) < 4.78 is 22.5. The molecule has 0 radical (unpaired) electrons. The molecule has 1 aliphatic heterocycles. The topological polar surface area (TPSA) is 120 Å². The molecule has 0 saturated heterocycles. The standard InChI is InChI=1S/C43H56N4O6/c1-4-7-18-33-29-44-46-47(33)40-28-38(45-52-30-31-15-9-8-10-16-31)36-26-32(17-11-13-22-48)35(19-12-14-23-49)41-37-27-34(50-24-5-2)20-21-39(37)53-43(40,42(36)41)51-25-6-3/h5-6,8-10,15-16,20-21,26-27,29,32,35,40-42,48-49H,2-4,7,11-14,17-19,22-25,28,30H2,1H3. The zero-order valence-corrected chi connectivity index (χ0v) is 31.2. The molecule has 3 aromatic rings. The molecular formula is C43H56N4O6. The van der Waals surface area contributed by atoms with Crippen molar-refractivity contribution >= 4 is 5.71 Å². The van der Waals surface area contributed by atoms with Crippen molar-refractivity contribution < 1.29 is 29.3 Å². The van der Waals surface area contributed by atoms with Crippen LogP contribution in [0.5, 0.6) is 11.5 Å². The van der Waals surface area contributed by atoms with Crippen LogP contribution in [0.1, 0.15) is 93.5 Å². The molecule has 0 spiro atoms. The Hall–Kier alpha value is -4.25. The first-order valence-electron chi connectivity index (χ1n) is 19.5. The summed E-state index contributed by atoms with van der Waals surface area (Å²) in [5, 5.41) is 33.8. The first-order chi connectivity index (χ1) is 26.1. The Morgan fingerprint density at radius 2 is 1.79 bits per heavy atom. The number of aryl methyl sites for hydroxylation is 1. The third-order valence-corrected chi connectivity index (χ3v) is 11.0. The summed E-state index contributed by atoms with van der Waals surface area (Å²) in [7, 11) is 0. The van der Waals surface area contributed by atoms with Gasteiger partial charge in [0.1, 0.15) is 30.8 Å². The quantitative estimate of drug-likeness (QED) is 0.0647. The largest absolute Gasteiger partial charge is 0.490 e. The molecule has 53 heavy (non-hydrogen) atoms. The van der Waals surface area contributed by atoms with Gasteiger partial charge in [0, 0.05) is 31.1 Å². The first-order valence-corrected chi connectivity index (χ1v) is 19.5. The van der Waals surface area contributed by atoms with E-state index >= 15 is 0 Å². The van der Waals surface area contributed by atoms with Gasteiger partial charge in [0.15, 0.2) is 0 Å².